The molecule has 226 valence electrons. The van der Waals surface area contributed by atoms with E-state index in [0.29, 0.717) is 47.2 Å². The van der Waals surface area contributed by atoms with E-state index in [2.05, 4.69) is 40.2 Å². The standard InChI is InChI=1S/C32H58N2O4S/c1-24(11-16-30(35)33-20-8-21-34(4,5)22-9-23-39(36,37)38)27-14-15-28-26-13-12-25-10-6-7-18-31(25,2)29(26)17-19-32(27,28)3/h24-29H,6-23H2,1-5H3,(H-,33,35,36,37,38)/p+1. The van der Waals surface area contributed by atoms with E-state index in [0.717, 1.165) is 49.0 Å². The molecule has 0 saturated heterocycles. The van der Waals surface area contributed by atoms with E-state index < -0.39 is 10.1 Å². The number of nitrogens with zero attached hydrogens (tertiary/aromatic N) is 1. The highest BCUT2D eigenvalue weighted by atomic mass is 32.2. The van der Waals surface area contributed by atoms with Crippen molar-refractivity contribution in [3.05, 3.63) is 0 Å². The Morgan fingerprint density at radius 1 is 0.949 bits per heavy atom. The van der Waals surface area contributed by atoms with E-state index in [1.54, 1.807) is 0 Å². The Hall–Kier alpha value is -0.660. The average Bonchev–Trinajstić information content (AvgIpc) is 3.21. The molecular formula is C32H59N2O4S+. The molecular weight excluding hydrogens is 508 g/mol. The summed E-state index contributed by atoms with van der Waals surface area (Å²) in [6.07, 6.45) is 17.4. The van der Waals surface area contributed by atoms with Crippen LogP contribution in [0.25, 0.3) is 0 Å². The minimum atomic E-state index is -3.89. The highest BCUT2D eigenvalue weighted by Crippen LogP contribution is 2.68. The Kier molecular flexibility index (Phi) is 9.86. The molecule has 0 heterocycles. The van der Waals surface area contributed by atoms with E-state index in [9.17, 15) is 13.2 Å². The first-order chi connectivity index (χ1) is 18.3. The summed E-state index contributed by atoms with van der Waals surface area (Å²) in [5.41, 5.74) is 1.08. The summed E-state index contributed by atoms with van der Waals surface area (Å²) in [7, 11) is 0.241. The van der Waals surface area contributed by atoms with Gasteiger partial charge in [0.2, 0.25) is 5.91 Å². The molecule has 0 aromatic heterocycles. The lowest BCUT2D eigenvalue weighted by Crippen LogP contribution is -2.53. The molecule has 0 spiro atoms. The zero-order chi connectivity index (χ0) is 28.5. The first-order valence-electron chi connectivity index (χ1n) is 16.3. The number of carbonyl (C=O) groups excluding carboxylic acids is 1. The SMILES string of the molecule is CC(CCC(=O)NCCC[N+](C)(C)CCCS(=O)(=O)O)C1CCC2C3CCC4CCCCC4(C)C3CCC12C. The molecule has 0 aromatic carbocycles. The van der Waals surface area contributed by atoms with Gasteiger partial charge in [0, 0.05) is 25.8 Å². The van der Waals surface area contributed by atoms with Gasteiger partial charge in [-0.15, -0.1) is 0 Å². The molecule has 0 aromatic rings. The van der Waals surface area contributed by atoms with Crippen LogP contribution in [0.5, 0.6) is 0 Å². The second-order valence-corrected chi connectivity index (χ2v) is 16.9. The van der Waals surface area contributed by atoms with Crippen molar-refractivity contribution in [1.29, 1.82) is 0 Å². The third-order valence-corrected chi connectivity index (χ3v) is 13.4. The summed E-state index contributed by atoms with van der Waals surface area (Å²) >= 11 is 0. The van der Waals surface area contributed by atoms with Gasteiger partial charge in [0.15, 0.2) is 0 Å². The minimum Gasteiger partial charge on any atom is -0.356 e. The molecule has 4 rings (SSSR count). The molecule has 0 aliphatic heterocycles. The Labute approximate surface area is 239 Å². The van der Waals surface area contributed by atoms with Gasteiger partial charge in [0.25, 0.3) is 10.1 Å². The first kappa shape index (κ1) is 31.3. The summed E-state index contributed by atoms with van der Waals surface area (Å²) in [6.45, 7) is 9.95. The molecule has 8 atom stereocenters. The number of hydrogen-bond donors (Lipinski definition) is 2. The number of rotatable bonds is 12. The summed E-state index contributed by atoms with van der Waals surface area (Å²) < 4.78 is 31.5. The Morgan fingerprint density at radius 3 is 2.41 bits per heavy atom. The van der Waals surface area contributed by atoms with E-state index >= 15 is 0 Å². The van der Waals surface area contributed by atoms with Crippen molar-refractivity contribution in [2.75, 3.05) is 39.5 Å². The molecule has 0 bridgehead atoms. The van der Waals surface area contributed by atoms with Gasteiger partial charge >= 0.3 is 0 Å². The fraction of sp³-hybridized carbons (Fsp3) is 0.969. The Morgan fingerprint density at radius 2 is 1.67 bits per heavy atom. The van der Waals surface area contributed by atoms with E-state index in [4.69, 9.17) is 4.55 Å². The number of quaternary nitrogens is 1. The summed E-state index contributed by atoms with van der Waals surface area (Å²) in [5, 5.41) is 3.13. The van der Waals surface area contributed by atoms with Crippen LogP contribution in [0.4, 0.5) is 0 Å². The van der Waals surface area contributed by atoms with Crippen LogP contribution in [0.3, 0.4) is 0 Å². The van der Waals surface area contributed by atoms with E-state index in [1.165, 1.54) is 64.2 Å². The highest BCUT2D eigenvalue weighted by molar-refractivity contribution is 7.85. The van der Waals surface area contributed by atoms with E-state index in [1.807, 2.05) is 0 Å². The number of fused-ring (bicyclic) bond motifs is 5. The largest absolute Gasteiger partial charge is 0.356 e. The van der Waals surface area contributed by atoms with Crippen molar-refractivity contribution >= 4 is 16.0 Å². The molecule has 6 nitrogen and oxygen atoms in total. The Bertz CT molecular complexity index is 952. The number of hydrogen-bond acceptors (Lipinski definition) is 3. The molecule has 4 aliphatic carbocycles. The topological polar surface area (TPSA) is 83.5 Å². The monoisotopic (exact) mass is 567 g/mol. The van der Waals surface area contributed by atoms with Gasteiger partial charge in [0.1, 0.15) is 0 Å². The van der Waals surface area contributed by atoms with Gasteiger partial charge < -0.3 is 9.80 Å². The quantitative estimate of drug-likeness (QED) is 0.164. The van der Waals surface area contributed by atoms with Crippen LogP contribution in [0.2, 0.25) is 0 Å². The third kappa shape index (κ3) is 7.23. The normalized spacial score (nSPS) is 37.4. The van der Waals surface area contributed by atoms with Crippen molar-refractivity contribution < 1.29 is 22.2 Å². The van der Waals surface area contributed by atoms with Crippen molar-refractivity contribution in [3.63, 3.8) is 0 Å². The first-order valence-corrected chi connectivity index (χ1v) is 17.9. The van der Waals surface area contributed by atoms with Gasteiger partial charge in [0.05, 0.1) is 32.9 Å². The van der Waals surface area contributed by atoms with Gasteiger partial charge in [-0.25, -0.2) is 0 Å². The predicted octanol–water partition coefficient (Wildman–Crippen LogP) is 6.31. The van der Waals surface area contributed by atoms with Crippen molar-refractivity contribution in [3.8, 4) is 0 Å². The van der Waals surface area contributed by atoms with Gasteiger partial charge in [-0.2, -0.15) is 8.42 Å². The molecule has 4 aliphatic rings. The van der Waals surface area contributed by atoms with Crippen LogP contribution in [-0.4, -0.2) is 62.8 Å². The highest BCUT2D eigenvalue weighted by Gasteiger charge is 2.60. The van der Waals surface area contributed by atoms with Crippen molar-refractivity contribution in [1.82, 2.24) is 5.32 Å². The fourth-order valence-corrected chi connectivity index (χ4v) is 10.9. The lowest BCUT2D eigenvalue weighted by atomic mass is 9.44. The molecule has 2 N–H and O–H groups in total. The maximum Gasteiger partial charge on any atom is 0.265 e. The van der Waals surface area contributed by atoms with Crippen LogP contribution < -0.4 is 5.32 Å². The summed E-state index contributed by atoms with van der Waals surface area (Å²) in [4.78, 5) is 12.7. The summed E-state index contributed by atoms with van der Waals surface area (Å²) in [6, 6.07) is 0. The molecule has 1 amide bonds. The lowest BCUT2D eigenvalue weighted by molar-refractivity contribution is -0.890. The van der Waals surface area contributed by atoms with Crippen LogP contribution in [0.1, 0.15) is 111 Å². The minimum absolute atomic E-state index is 0.172. The molecule has 4 saturated carbocycles. The number of carbonyl (C=O) groups is 1. The van der Waals surface area contributed by atoms with E-state index in [-0.39, 0.29) is 11.7 Å². The van der Waals surface area contributed by atoms with Crippen molar-refractivity contribution in [2.24, 2.45) is 46.3 Å². The van der Waals surface area contributed by atoms with Gasteiger partial charge in [-0.3, -0.25) is 9.35 Å². The molecule has 39 heavy (non-hydrogen) atoms. The van der Waals surface area contributed by atoms with Crippen LogP contribution in [0.15, 0.2) is 0 Å². The average molecular weight is 568 g/mol. The van der Waals surface area contributed by atoms with Crippen LogP contribution >= 0.6 is 0 Å². The summed E-state index contributed by atoms with van der Waals surface area (Å²) in [5.74, 6) is 5.13. The molecule has 4 fully saturated rings. The zero-order valence-electron chi connectivity index (χ0n) is 25.7. The second-order valence-electron chi connectivity index (χ2n) is 15.4. The lowest BCUT2D eigenvalue weighted by Gasteiger charge is -2.61. The maximum atomic E-state index is 12.7. The van der Waals surface area contributed by atoms with Crippen LogP contribution in [0, 0.1) is 46.3 Å². The van der Waals surface area contributed by atoms with Crippen molar-refractivity contribution in [2.45, 2.75) is 111 Å². The molecule has 8 unspecified atom stereocenters. The van der Waals surface area contributed by atoms with Crippen LogP contribution in [-0.2, 0) is 14.9 Å². The van der Waals surface area contributed by atoms with Gasteiger partial charge in [-0.1, -0.05) is 33.6 Å². The fourth-order valence-electron chi connectivity index (χ4n) is 10.4. The number of amides is 1. The third-order valence-electron chi connectivity index (χ3n) is 12.6. The van der Waals surface area contributed by atoms with Gasteiger partial charge in [-0.05, 0) is 104 Å². The smallest absolute Gasteiger partial charge is 0.265 e. The molecule has 7 heteroatoms. The predicted molar refractivity (Wildman–Crippen MR) is 159 cm³/mol. The Balaban J connectivity index is 1.20. The number of nitrogens with one attached hydrogen (secondary N) is 1. The molecule has 0 radical (unpaired) electrons. The second kappa shape index (κ2) is 12.3. The maximum absolute atomic E-state index is 12.7. The zero-order valence-corrected chi connectivity index (χ0v) is 26.5.